The highest BCUT2D eigenvalue weighted by Gasteiger charge is 2.34. The SMILES string of the molecule is NC1(c2ccc(-c3nc4ccc(C(=O)CCCF)cn4c3-c3ccccc3)cc2)CCC1. The number of carbonyl (C=O) groups excluding carboxylic acids is 1. The monoisotopic (exact) mass is 427 g/mol. The number of benzene rings is 2. The molecule has 0 unspecified atom stereocenters. The average Bonchev–Trinajstić information content (AvgIpc) is 3.20. The van der Waals surface area contributed by atoms with Crippen molar-refractivity contribution in [2.75, 3.05) is 6.67 Å². The summed E-state index contributed by atoms with van der Waals surface area (Å²) in [5, 5.41) is 0. The highest BCUT2D eigenvalue weighted by Crippen LogP contribution is 2.40. The van der Waals surface area contributed by atoms with Gasteiger partial charge in [-0.05, 0) is 43.4 Å². The van der Waals surface area contributed by atoms with Crippen molar-refractivity contribution in [3.05, 3.63) is 84.1 Å². The third kappa shape index (κ3) is 3.63. The zero-order chi connectivity index (χ0) is 22.1. The van der Waals surface area contributed by atoms with Gasteiger partial charge in [0.05, 0.1) is 18.1 Å². The van der Waals surface area contributed by atoms with Gasteiger partial charge in [0.25, 0.3) is 0 Å². The van der Waals surface area contributed by atoms with Crippen LogP contribution >= 0.6 is 0 Å². The Morgan fingerprint density at radius 2 is 1.75 bits per heavy atom. The summed E-state index contributed by atoms with van der Waals surface area (Å²) < 4.78 is 14.5. The molecule has 0 spiro atoms. The Balaban J connectivity index is 1.63. The number of rotatable bonds is 7. The average molecular weight is 428 g/mol. The number of nitrogens with zero attached hydrogens (tertiary/aromatic N) is 2. The number of carbonyl (C=O) groups is 1. The third-order valence-electron chi connectivity index (χ3n) is 6.50. The van der Waals surface area contributed by atoms with Crippen LogP contribution in [-0.4, -0.2) is 21.8 Å². The van der Waals surface area contributed by atoms with Crippen molar-refractivity contribution in [2.24, 2.45) is 5.73 Å². The van der Waals surface area contributed by atoms with Crippen LogP contribution < -0.4 is 5.73 Å². The van der Waals surface area contributed by atoms with Gasteiger partial charge in [0.1, 0.15) is 5.65 Å². The maximum absolute atomic E-state index is 12.6. The molecule has 0 radical (unpaired) electrons. The molecular weight excluding hydrogens is 401 g/mol. The highest BCUT2D eigenvalue weighted by atomic mass is 19.1. The molecule has 5 rings (SSSR count). The number of ketones is 1. The number of hydrogen-bond donors (Lipinski definition) is 1. The van der Waals surface area contributed by atoms with Crippen molar-refractivity contribution in [3.63, 3.8) is 0 Å². The van der Waals surface area contributed by atoms with Crippen LogP contribution in [0.2, 0.25) is 0 Å². The molecule has 0 aliphatic heterocycles. The summed E-state index contributed by atoms with van der Waals surface area (Å²) in [4.78, 5) is 17.4. The van der Waals surface area contributed by atoms with Gasteiger partial charge in [-0.25, -0.2) is 4.98 Å². The molecule has 2 aromatic carbocycles. The second-order valence-corrected chi connectivity index (χ2v) is 8.62. The van der Waals surface area contributed by atoms with E-state index in [4.69, 9.17) is 10.7 Å². The van der Waals surface area contributed by atoms with Gasteiger partial charge in [-0.1, -0.05) is 54.6 Å². The molecule has 4 aromatic rings. The Bertz CT molecular complexity index is 1260. The lowest BCUT2D eigenvalue weighted by molar-refractivity contribution is 0.0976. The van der Waals surface area contributed by atoms with E-state index < -0.39 is 6.67 Å². The van der Waals surface area contributed by atoms with Gasteiger partial charge in [-0.2, -0.15) is 0 Å². The maximum Gasteiger partial charge on any atom is 0.164 e. The van der Waals surface area contributed by atoms with Crippen molar-refractivity contribution < 1.29 is 9.18 Å². The Morgan fingerprint density at radius 3 is 2.41 bits per heavy atom. The number of hydrogen-bond acceptors (Lipinski definition) is 3. The molecular formula is C27H26FN3O. The molecule has 1 aliphatic carbocycles. The second-order valence-electron chi connectivity index (χ2n) is 8.62. The Kier molecular flexibility index (Phi) is 5.35. The standard InChI is InChI=1S/C27H26FN3O/c28-17-4-8-23(32)21-11-14-24-30-25(26(31(24)18-21)20-6-2-1-3-7-20)19-9-12-22(13-10-19)27(29)15-5-16-27/h1-3,6-7,9-14,18H,4-5,8,15-17,29H2. The molecule has 2 aromatic heterocycles. The highest BCUT2D eigenvalue weighted by molar-refractivity contribution is 5.96. The van der Waals surface area contributed by atoms with Gasteiger partial charge < -0.3 is 5.73 Å². The molecule has 0 bridgehead atoms. The lowest BCUT2D eigenvalue weighted by Crippen LogP contribution is -2.43. The largest absolute Gasteiger partial charge is 0.321 e. The predicted octanol–water partition coefficient (Wildman–Crippen LogP) is 5.94. The Hall–Kier alpha value is -3.31. The molecule has 5 heteroatoms. The summed E-state index contributed by atoms with van der Waals surface area (Å²) in [6.07, 6.45) is 5.49. The normalized spacial score (nSPS) is 14.9. The lowest BCUT2D eigenvalue weighted by atomic mass is 9.72. The summed E-state index contributed by atoms with van der Waals surface area (Å²) in [5.74, 6) is -0.0584. The van der Waals surface area contributed by atoms with Crippen LogP contribution in [0.3, 0.4) is 0 Å². The number of halogens is 1. The fourth-order valence-electron chi connectivity index (χ4n) is 4.46. The van der Waals surface area contributed by atoms with Gasteiger partial charge in [-0.15, -0.1) is 0 Å². The lowest BCUT2D eigenvalue weighted by Gasteiger charge is -2.38. The molecule has 1 aliphatic rings. The van der Waals surface area contributed by atoms with E-state index in [2.05, 4.69) is 24.3 Å². The van der Waals surface area contributed by atoms with Gasteiger partial charge in [-0.3, -0.25) is 13.6 Å². The van der Waals surface area contributed by atoms with Crippen LogP contribution in [0, 0.1) is 0 Å². The summed E-state index contributed by atoms with van der Waals surface area (Å²) in [7, 11) is 0. The van der Waals surface area contributed by atoms with E-state index in [0.717, 1.165) is 41.0 Å². The fourth-order valence-corrected chi connectivity index (χ4v) is 4.46. The number of fused-ring (bicyclic) bond motifs is 1. The summed E-state index contributed by atoms with van der Waals surface area (Å²) in [5.41, 5.74) is 12.6. The Labute approximate surface area is 186 Å². The first-order valence-corrected chi connectivity index (χ1v) is 11.2. The number of Topliss-reactive ketones (excluding diaryl/α,β-unsaturated/α-hetero) is 1. The molecule has 0 saturated heterocycles. The van der Waals surface area contributed by atoms with Crippen LogP contribution in [0.4, 0.5) is 4.39 Å². The van der Waals surface area contributed by atoms with E-state index in [1.165, 1.54) is 12.0 Å². The van der Waals surface area contributed by atoms with E-state index in [-0.39, 0.29) is 24.2 Å². The van der Waals surface area contributed by atoms with E-state index in [9.17, 15) is 9.18 Å². The van der Waals surface area contributed by atoms with Gasteiger partial charge >= 0.3 is 0 Å². The van der Waals surface area contributed by atoms with Gasteiger partial charge in [0.15, 0.2) is 5.78 Å². The van der Waals surface area contributed by atoms with E-state index in [1.54, 1.807) is 6.07 Å². The molecule has 2 N–H and O–H groups in total. The van der Waals surface area contributed by atoms with Crippen LogP contribution in [0.1, 0.15) is 48.0 Å². The number of nitrogens with two attached hydrogens (primary N) is 1. The first kappa shape index (κ1) is 20.6. The van der Waals surface area contributed by atoms with Crippen LogP contribution in [-0.2, 0) is 5.54 Å². The molecule has 1 fully saturated rings. The zero-order valence-electron chi connectivity index (χ0n) is 17.9. The number of aromatic nitrogens is 2. The number of pyridine rings is 1. The number of imidazole rings is 1. The quantitative estimate of drug-likeness (QED) is 0.371. The topological polar surface area (TPSA) is 60.4 Å². The maximum atomic E-state index is 12.6. The minimum absolute atomic E-state index is 0.0584. The van der Waals surface area contributed by atoms with Crippen LogP contribution in [0.5, 0.6) is 0 Å². The third-order valence-corrected chi connectivity index (χ3v) is 6.50. The molecule has 0 amide bonds. The molecule has 4 nitrogen and oxygen atoms in total. The van der Waals surface area contributed by atoms with Crippen LogP contribution in [0.15, 0.2) is 72.9 Å². The fraction of sp³-hybridized carbons (Fsp3) is 0.259. The first-order chi connectivity index (χ1) is 15.6. The van der Waals surface area contributed by atoms with Crippen molar-refractivity contribution in [3.8, 4) is 22.5 Å². The second kappa shape index (κ2) is 8.32. The van der Waals surface area contributed by atoms with Crippen molar-refractivity contribution >= 4 is 11.4 Å². The molecule has 2 heterocycles. The minimum Gasteiger partial charge on any atom is -0.321 e. The van der Waals surface area contributed by atoms with Crippen LogP contribution in [0.25, 0.3) is 28.2 Å². The predicted molar refractivity (Wildman–Crippen MR) is 125 cm³/mol. The molecule has 162 valence electrons. The smallest absolute Gasteiger partial charge is 0.164 e. The summed E-state index contributed by atoms with van der Waals surface area (Å²) in [6.45, 7) is -0.488. The van der Waals surface area contributed by atoms with Crippen molar-refractivity contribution in [2.45, 2.75) is 37.6 Å². The minimum atomic E-state index is -0.488. The number of alkyl halides is 1. The van der Waals surface area contributed by atoms with Gasteiger partial charge in [0, 0.05) is 34.8 Å². The van der Waals surface area contributed by atoms with E-state index in [1.807, 2.05) is 47.0 Å². The van der Waals surface area contributed by atoms with Crippen molar-refractivity contribution in [1.82, 2.24) is 9.38 Å². The molecule has 32 heavy (non-hydrogen) atoms. The Morgan fingerprint density at radius 1 is 1.00 bits per heavy atom. The molecule has 1 saturated carbocycles. The van der Waals surface area contributed by atoms with E-state index in [0.29, 0.717) is 5.56 Å². The molecule has 0 atom stereocenters. The van der Waals surface area contributed by atoms with Gasteiger partial charge in [0.2, 0.25) is 0 Å². The first-order valence-electron chi connectivity index (χ1n) is 11.2. The summed E-state index contributed by atoms with van der Waals surface area (Å²) >= 11 is 0. The summed E-state index contributed by atoms with van der Waals surface area (Å²) in [6, 6.07) is 22.1. The van der Waals surface area contributed by atoms with E-state index >= 15 is 0 Å². The zero-order valence-corrected chi connectivity index (χ0v) is 17.9. The van der Waals surface area contributed by atoms with Crippen molar-refractivity contribution in [1.29, 1.82) is 0 Å².